The second-order valence-corrected chi connectivity index (χ2v) is 10.1. The van der Waals surface area contributed by atoms with E-state index in [-0.39, 0.29) is 17.9 Å². The minimum atomic E-state index is -0.394. The highest BCUT2D eigenvalue weighted by Crippen LogP contribution is 2.24. The van der Waals surface area contributed by atoms with E-state index in [0.717, 1.165) is 16.6 Å². The van der Waals surface area contributed by atoms with Crippen molar-refractivity contribution in [3.05, 3.63) is 106 Å². The molecule has 0 bridgehead atoms. The van der Waals surface area contributed by atoms with Gasteiger partial charge in [-0.05, 0) is 47.2 Å². The Morgan fingerprint density at radius 2 is 1.65 bits per heavy atom. The number of anilines is 1. The van der Waals surface area contributed by atoms with E-state index in [2.05, 4.69) is 26.1 Å². The number of hydrogen-bond acceptors (Lipinski definition) is 5. The third kappa shape index (κ3) is 7.23. The van der Waals surface area contributed by atoms with Crippen LogP contribution in [0.1, 0.15) is 38.3 Å². The fourth-order valence-corrected chi connectivity index (χ4v) is 4.13. The minimum Gasteiger partial charge on any atom is -0.484 e. The number of para-hydroxylation sites is 1. The van der Waals surface area contributed by atoms with Crippen LogP contribution in [0.15, 0.2) is 94.1 Å². The molecular weight excluding hydrogens is 464 g/mol. The monoisotopic (exact) mass is 498 g/mol. The minimum absolute atomic E-state index is 0.0283. The summed E-state index contributed by atoms with van der Waals surface area (Å²) in [5.74, 6) is 0.604. The number of nitrogens with zero attached hydrogens (tertiary/aromatic N) is 1. The number of carbonyl (C=O) groups is 1. The molecule has 1 heterocycles. The number of ether oxygens (including phenoxy) is 1. The smallest absolute Gasteiger partial charge is 0.338 e. The summed E-state index contributed by atoms with van der Waals surface area (Å²) in [7, 11) is 0. The van der Waals surface area contributed by atoms with Gasteiger partial charge in [-0.25, -0.2) is 4.79 Å². The maximum Gasteiger partial charge on any atom is 0.338 e. The first-order valence-electron chi connectivity index (χ1n) is 12.6. The molecule has 6 nitrogen and oxygen atoms in total. The third-order valence-electron chi connectivity index (χ3n) is 6.22. The molecule has 1 amide bonds. The lowest BCUT2D eigenvalue weighted by Gasteiger charge is -2.23. The van der Waals surface area contributed by atoms with E-state index < -0.39 is 5.63 Å². The van der Waals surface area contributed by atoms with Crippen molar-refractivity contribution in [3.63, 3.8) is 0 Å². The van der Waals surface area contributed by atoms with Crippen molar-refractivity contribution < 1.29 is 13.9 Å². The molecule has 4 aromatic rings. The number of fused-ring (bicyclic) bond motifs is 1. The Morgan fingerprint density at radius 1 is 0.946 bits per heavy atom. The number of benzene rings is 3. The van der Waals surface area contributed by atoms with Gasteiger partial charge in [-0.1, -0.05) is 75.4 Å². The lowest BCUT2D eigenvalue weighted by molar-refractivity contribution is -0.134. The summed E-state index contributed by atoms with van der Waals surface area (Å²) < 4.78 is 11.1. The molecule has 0 saturated heterocycles. The summed E-state index contributed by atoms with van der Waals surface area (Å²) in [6.07, 6.45) is 0.702. The summed E-state index contributed by atoms with van der Waals surface area (Å²) in [4.78, 5) is 26.9. The molecule has 1 aromatic heterocycles. The van der Waals surface area contributed by atoms with Crippen LogP contribution in [0, 0.1) is 0 Å². The SMILES string of the molecule is CC(C)(C)c1ccc(OCC(=O)N(CCCNc2cc(=O)oc3ccccc23)Cc2ccccc2)cc1. The summed E-state index contributed by atoms with van der Waals surface area (Å²) >= 11 is 0. The number of hydrogen-bond donors (Lipinski definition) is 1. The van der Waals surface area contributed by atoms with Gasteiger partial charge in [-0.15, -0.1) is 0 Å². The van der Waals surface area contributed by atoms with Gasteiger partial charge >= 0.3 is 5.63 Å². The van der Waals surface area contributed by atoms with Crippen LogP contribution in [0.25, 0.3) is 11.0 Å². The van der Waals surface area contributed by atoms with Gasteiger partial charge in [0.1, 0.15) is 11.3 Å². The average Bonchev–Trinajstić information content (AvgIpc) is 2.89. The average molecular weight is 499 g/mol. The summed E-state index contributed by atoms with van der Waals surface area (Å²) in [5.41, 5.74) is 3.22. The Balaban J connectivity index is 1.37. The van der Waals surface area contributed by atoms with Gasteiger partial charge in [-0.3, -0.25) is 4.79 Å². The lowest BCUT2D eigenvalue weighted by atomic mass is 9.87. The largest absolute Gasteiger partial charge is 0.484 e. The Morgan fingerprint density at radius 3 is 2.38 bits per heavy atom. The van der Waals surface area contributed by atoms with E-state index in [1.54, 1.807) is 6.07 Å². The molecule has 192 valence electrons. The van der Waals surface area contributed by atoms with Gasteiger partial charge in [-0.2, -0.15) is 0 Å². The second-order valence-electron chi connectivity index (χ2n) is 10.1. The molecule has 0 saturated carbocycles. The predicted molar refractivity (Wildman–Crippen MR) is 148 cm³/mol. The zero-order chi connectivity index (χ0) is 26.3. The Bertz CT molecular complexity index is 1370. The standard InChI is InChI=1S/C31H34N2O4/c1-31(2,3)24-14-16-25(17-15-24)36-22-29(34)33(21-23-10-5-4-6-11-23)19-9-18-32-27-20-30(35)37-28-13-8-7-12-26(27)28/h4-8,10-17,20,32H,9,18-19,21-22H2,1-3H3. The van der Waals surface area contributed by atoms with Gasteiger partial charge in [0, 0.05) is 31.1 Å². The van der Waals surface area contributed by atoms with Crippen LogP contribution < -0.4 is 15.7 Å². The van der Waals surface area contributed by atoms with E-state index >= 15 is 0 Å². The molecule has 0 aliphatic heterocycles. The highest BCUT2D eigenvalue weighted by Gasteiger charge is 2.16. The van der Waals surface area contributed by atoms with Crippen LogP contribution in [0.5, 0.6) is 5.75 Å². The molecule has 6 heteroatoms. The van der Waals surface area contributed by atoms with Crippen molar-refractivity contribution in [1.29, 1.82) is 0 Å². The molecule has 0 atom stereocenters. The van der Waals surface area contributed by atoms with Crippen LogP contribution in [-0.4, -0.2) is 30.5 Å². The van der Waals surface area contributed by atoms with E-state index in [1.165, 1.54) is 11.6 Å². The van der Waals surface area contributed by atoms with Crippen molar-refractivity contribution in [3.8, 4) is 5.75 Å². The summed E-state index contributed by atoms with van der Waals surface area (Å²) in [6.45, 7) is 8.12. The van der Waals surface area contributed by atoms with Gasteiger partial charge in [0.15, 0.2) is 6.61 Å². The topological polar surface area (TPSA) is 71.8 Å². The van der Waals surface area contributed by atoms with Crippen molar-refractivity contribution >= 4 is 22.6 Å². The molecule has 3 aromatic carbocycles. The van der Waals surface area contributed by atoms with Crippen molar-refractivity contribution in [2.24, 2.45) is 0 Å². The first-order valence-corrected chi connectivity index (χ1v) is 12.6. The number of nitrogens with one attached hydrogen (secondary N) is 1. The zero-order valence-electron chi connectivity index (χ0n) is 21.7. The third-order valence-corrected chi connectivity index (χ3v) is 6.22. The fraction of sp³-hybridized carbons (Fsp3) is 0.290. The van der Waals surface area contributed by atoms with E-state index in [9.17, 15) is 9.59 Å². The van der Waals surface area contributed by atoms with Gasteiger partial charge in [0.2, 0.25) is 0 Å². The van der Waals surface area contributed by atoms with Crippen LogP contribution in [0.2, 0.25) is 0 Å². The van der Waals surface area contributed by atoms with Crippen molar-refractivity contribution in [1.82, 2.24) is 4.90 Å². The molecule has 0 unspecified atom stereocenters. The maximum absolute atomic E-state index is 13.2. The molecule has 0 fully saturated rings. The molecule has 37 heavy (non-hydrogen) atoms. The predicted octanol–water partition coefficient (Wildman–Crippen LogP) is 6.00. The van der Waals surface area contributed by atoms with E-state index in [1.807, 2.05) is 77.7 Å². The van der Waals surface area contributed by atoms with Gasteiger partial charge in [0.25, 0.3) is 5.91 Å². The fourth-order valence-electron chi connectivity index (χ4n) is 4.13. The molecule has 1 N–H and O–H groups in total. The Kier molecular flexibility index (Phi) is 8.29. The van der Waals surface area contributed by atoms with Crippen LogP contribution in [0.4, 0.5) is 5.69 Å². The molecule has 0 spiro atoms. The molecule has 4 rings (SSSR count). The van der Waals surface area contributed by atoms with Crippen LogP contribution in [-0.2, 0) is 16.8 Å². The van der Waals surface area contributed by atoms with Gasteiger partial charge < -0.3 is 19.4 Å². The first-order chi connectivity index (χ1) is 17.8. The molecule has 0 radical (unpaired) electrons. The van der Waals surface area contributed by atoms with Crippen LogP contribution >= 0.6 is 0 Å². The Hall–Kier alpha value is -4.06. The van der Waals surface area contributed by atoms with Crippen molar-refractivity contribution in [2.75, 3.05) is 25.0 Å². The molecule has 0 aliphatic rings. The highest BCUT2D eigenvalue weighted by atomic mass is 16.5. The maximum atomic E-state index is 13.2. The first kappa shape index (κ1) is 26.0. The number of amides is 1. The molecule has 0 aliphatic carbocycles. The van der Waals surface area contributed by atoms with Crippen LogP contribution in [0.3, 0.4) is 0 Å². The number of carbonyl (C=O) groups excluding carboxylic acids is 1. The van der Waals surface area contributed by atoms with Gasteiger partial charge in [0.05, 0.1) is 5.69 Å². The zero-order valence-corrected chi connectivity index (χ0v) is 21.7. The normalized spacial score (nSPS) is 11.3. The van der Waals surface area contributed by atoms with E-state index in [4.69, 9.17) is 9.15 Å². The number of rotatable bonds is 10. The quantitative estimate of drug-likeness (QED) is 0.214. The highest BCUT2D eigenvalue weighted by molar-refractivity contribution is 5.89. The van der Waals surface area contributed by atoms with E-state index in [0.29, 0.717) is 37.4 Å². The van der Waals surface area contributed by atoms with Crippen molar-refractivity contribution in [2.45, 2.75) is 39.2 Å². The summed E-state index contributed by atoms with van der Waals surface area (Å²) in [5, 5.41) is 4.18. The Labute approximate surface area is 217 Å². The second kappa shape index (κ2) is 11.8. The molecular formula is C31H34N2O4. The summed E-state index contributed by atoms with van der Waals surface area (Å²) in [6, 6.07) is 26.8. The lowest BCUT2D eigenvalue weighted by Crippen LogP contribution is -2.36.